The summed E-state index contributed by atoms with van der Waals surface area (Å²) in [5.74, 6) is -1.46. The second kappa shape index (κ2) is 7.54. The second-order valence-electron chi connectivity index (χ2n) is 5.27. The molecule has 0 bridgehead atoms. The minimum atomic E-state index is -0.619. The van der Waals surface area contributed by atoms with Gasteiger partial charge >= 0.3 is 5.97 Å². The number of hydrogen-bond acceptors (Lipinski definition) is 5. The van der Waals surface area contributed by atoms with Crippen LogP contribution in [0.5, 0.6) is 0 Å². The van der Waals surface area contributed by atoms with E-state index in [1.807, 2.05) is 0 Å². The molecule has 0 spiro atoms. The van der Waals surface area contributed by atoms with Gasteiger partial charge in [0.25, 0.3) is 5.69 Å². The van der Waals surface area contributed by atoms with Gasteiger partial charge < -0.3 is 10.1 Å². The molecule has 24 heavy (non-hydrogen) atoms. The monoisotopic (exact) mass is 332 g/mol. The largest absolute Gasteiger partial charge is 0.468 e. The number of ether oxygens (including phenoxy) is 1. The normalized spacial score (nSPS) is 11.6. The Morgan fingerprint density at radius 1 is 1.29 bits per heavy atom. The van der Waals surface area contributed by atoms with Gasteiger partial charge in [-0.15, -0.1) is 0 Å². The number of carbonyl (C=O) groups is 1. The van der Waals surface area contributed by atoms with Crippen LogP contribution in [0.3, 0.4) is 0 Å². The van der Waals surface area contributed by atoms with Gasteiger partial charge in [-0.05, 0) is 36.8 Å². The number of nitrogens with zero attached hydrogens (tertiary/aromatic N) is 1. The molecular weight excluding hydrogens is 315 g/mol. The number of carbonyl (C=O) groups excluding carboxylic acids is 1. The Kier molecular flexibility index (Phi) is 5.47. The van der Waals surface area contributed by atoms with E-state index < -0.39 is 16.8 Å². The number of hydrogen-bond donors (Lipinski definition) is 1. The van der Waals surface area contributed by atoms with Gasteiger partial charge in [0.15, 0.2) is 0 Å². The number of aryl methyl sites for hydroxylation is 1. The first-order valence-electron chi connectivity index (χ1n) is 7.24. The van der Waals surface area contributed by atoms with Crippen LogP contribution in [-0.2, 0) is 9.53 Å². The number of halogens is 1. The average Bonchev–Trinajstić information content (AvgIpc) is 2.56. The first-order chi connectivity index (χ1) is 11.4. The van der Waals surface area contributed by atoms with Gasteiger partial charge in [-0.25, -0.2) is 4.39 Å². The van der Waals surface area contributed by atoms with Gasteiger partial charge in [0.05, 0.1) is 18.0 Å². The Hall–Kier alpha value is -2.96. The Bertz CT molecular complexity index is 747. The zero-order valence-electron chi connectivity index (χ0n) is 13.3. The van der Waals surface area contributed by atoms with Crippen LogP contribution in [0, 0.1) is 22.9 Å². The molecule has 6 nitrogen and oxygen atoms in total. The summed E-state index contributed by atoms with van der Waals surface area (Å²) in [5.41, 5.74) is 1.81. The maximum Gasteiger partial charge on any atom is 0.314 e. The molecule has 2 aromatic rings. The fraction of sp³-hybridized carbons (Fsp3) is 0.235. The maximum absolute atomic E-state index is 13.0. The molecule has 1 atom stereocenters. The number of nitrogens with one attached hydrogen (secondary N) is 1. The van der Waals surface area contributed by atoms with Crippen LogP contribution < -0.4 is 5.32 Å². The van der Waals surface area contributed by atoms with Crippen LogP contribution >= 0.6 is 0 Å². The summed E-state index contributed by atoms with van der Waals surface area (Å²) in [4.78, 5) is 22.4. The first-order valence-corrected chi connectivity index (χ1v) is 7.24. The lowest BCUT2D eigenvalue weighted by Crippen LogP contribution is -2.22. The van der Waals surface area contributed by atoms with Crippen molar-refractivity contribution in [2.45, 2.75) is 12.8 Å². The number of rotatable bonds is 6. The molecule has 0 amide bonds. The van der Waals surface area contributed by atoms with Crippen molar-refractivity contribution in [1.29, 1.82) is 0 Å². The summed E-state index contributed by atoms with van der Waals surface area (Å²) in [7, 11) is 1.29. The number of esters is 1. The van der Waals surface area contributed by atoms with Crippen molar-refractivity contribution < 1.29 is 18.8 Å². The molecule has 0 saturated carbocycles. The van der Waals surface area contributed by atoms with Crippen molar-refractivity contribution in [3.63, 3.8) is 0 Å². The molecule has 0 aromatic heterocycles. The number of nitro benzene ring substituents is 1. The SMILES string of the molecule is COC(=O)C(CNc1ccc([N+](=O)[O-])c(C)c1)c1ccc(F)cc1. The molecule has 0 radical (unpaired) electrons. The van der Waals surface area contributed by atoms with Gasteiger partial charge in [0.2, 0.25) is 0 Å². The van der Waals surface area contributed by atoms with Crippen molar-refractivity contribution >= 4 is 17.3 Å². The van der Waals surface area contributed by atoms with Crippen molar-refractivity contribution in [3.8, 4) is 0 Å². The van der Waals surface area contributed by atoms with Gasteiger partial charge in [-0.1, -0.05) is 12.1 Å². The highest BCUT2D eigenvalue weighted by molar-refractivity contribution is 5.79. The third-order valence-corrected chi connectivity index (χ3v) is 3.66. The quantitative estimate of drug-likeness (QED) is 0.498. The summed E-state index contributed by atoms with van der Waals surface area (Å²) in [5, 5.41) is 13.9. The van der Waals surface area contributed by atoms with Crippen molar-refractivity contribution in [3.05, 3.63) is 69.5 Å². The molecule has 7 heteroatoms. The summed E-state index contributed by atoms with van der Waals surface area (Å²) in [6, 6.07) is 10.2. The summed E-state index contributed by atoms with van der Waals surface area (Å²) in [6.07, 6.45) is 0. The standard InChI is InChI=1S/C17H17FN2O4/c1-11-9-14(7-8-16(11)20(22)23)19-10-15(17(21)24-2)12-3-5-13(18)6-4-12/h3-9,15,19H,10H2,1-2H3. The van der Waals surface area contributed by atoms with E-state index in [-0.39, 0.29) is 18.0 Å². The lowest BCUT2D eigenvalue weighted by molar-refractivity contribution is -0.385. The van der Waals surface area contributed by atoms with E-state index in [0.29, 0.717) is 16.8 Å². The third kappa shape index (κ3) is 4.07. The number of benzene rings is 2. The molecule has 126 valence electrons. The lowest BCUT2D eigenvalue weighted by Gasteiger charge is -2.17. The molecular formula is C17H17FN2O4. The van der Waals surface area contributed by atoms with Crippen LogP contribution in [0.4, 0.5) is 15.8 Å². The number of methoxy groups -OCH3 is 1. The zero-order valence-corrected chi connectivity index (χ0v) is 13.3. The van der Waals surface area contributed by atoms with Crippen LogP contribution in [0.2, 0.25) is 0 Å². The third-order valence-electron chi connectivity index (χ3n) is 3.66. The highest BCUT2D eigenvalue weighted by Gasteiger charge is 2.21. The van der Waals surface area contributed by atoms with Crippen LogP contribution in [0.15, 0.2) is 42.5 Å². The van der Waals surface area contributed by atoms with Crippen molar-refractivity contribution in [1.82, 2.24) is 0 Å². The average molecular weight is 332 g/mol. The van der Waals surface area contributed by atoms with Crippen LogP contribution in [0.1, 0.15) is 17.0 Å². The smallest absolute Gasteiger partial charge is 0.314 e. The van der Waals surface area contributed by atoms with E-state index in [1.165, 1.54) is 37.4 Å². The Morgan fingerprint density at radius 3 is 2.50 bits per heavy atom. The lowest BCUT2D eigenvalue weighted by atomic mass is 9.99. The highest BCUT2D eigenvalue weighted by atomic mass is 19.1. The molecule has 0 saturated heterocycles. The van der Waals surface area contributed by atoms with E-state index in [2.05, 4.69) is 5.32 Å². The van der Waals surface area contributed by atoms with Gasteiger partial charge in [-0.3, -0.25) is 14.9 Å². The van der Waals surface area contributed by atoms with Crippen molar-refractivity contribution in [2.75, 3.05) is 19.0 Å². The van der Waals surface area contributed by atoms with Gasteiger partial charge in [-0.2, -0.15) is 0 Å². The molecule has 0 aliphatic carbocycles. The zero-order chi connectivity index (χ0) is 17.7. The van der Waals surface area contributed by atoms with Crippen LogP contribution in [0.25, 0.3) is 0 Å². The van der Waals surface area contributed by atoms with Gasteiger partial charge in [0.1, 0.15) is 5.82 Å². The number of anilines is 1. The van der Waals surface area contributed by atoms with E-state index in [0.717, 1.165) is 0 Å². The maximum atomic E-state index is 13.0. The Balaban J connectivity index is 2.16. The summed E-state index contributed by atoms with van der Waals surface area (Å²) in [6.45, 7) is 1.86. The predicted molar refractivity (Wildman–Crippen MR) is 87.5 cm³/mol. The number of nitro groups is 1. The molecule has 0 aliphatic heterocycles. The fourth-order valence-electron chi connectivity index (χ4n) is 2.36. The Morgan fingerprint density at radius 2 is 1.96 bits per heavy atom. The minimum absolute atomic E-state index is 0.0311. The Labute approximate surface area is 138 Å². The molecule has 2 aromatic carbocycles. The fourth-order valence-corrected chi connectivity index (χ4v) is 2.36. The van der Waals surface area contributed by atoms with Gasteiger partial charge in [0, 0.05) is 23.9 Å². The molecule has 1 unspecified atom stereocenters. The highest BCUT2D eigenvalue weighted by Crippen LogP contribution is 2.23. The van der Waals surface area contributed by atoms with E-state index in [4.69, 9.17) is 4.74 Å². The first kappa shape index (κ1) is 17.4. The van der Waals surface area contributed by atoms with Crippen molar-refractivity contribution in [2.24, 2.45) is 0 Å². The minimum Gasteiger partial charge on any atom is -0.468 e. The molecule has 0 heterocycles. The van der Waals surface area contributed by atoms with E-state index >= 15 is 0 Å². The summed E-state index contributed by atoms with van der Waals surface area (Å²) < 4.78 is 17.8. The summed E-state index contributed by atoms with van der Waals surface area (Å²) >= 11 is 0. The van der Waals surface area contributed by atoms with E-state index in [9.17, 15) is 19.3 Å². The van der Waals surface area contributed by atoms with Crippen LogP contribution in [-0.4, -0.2) is 24.5 Å². The molecule has 0 fully saturated rings. The molecule has 1 N–H and O–H groups in total. The molecule has 2 rings (SSSR count). The van der Waals surface area contributed by atoms with E-state index in [1.54, 1.807) is 19.1 Å². The molecule has 0 aliphatic rings. The second-order valence-corrected chi connectivity index (χ2v) is 5.27. The topological polar surface area (TPSA) is 81.5 Å². The predicted octanol–water partition coefficient (Wildman–Crippen LogP) is 3.41.